The van der Waals surface area contributed by atoms with E-state index in [4.69, 9.17) is 9.47 Å². The second kappa shape index (κ2) is 8.36. The Balaban J connectivity index is 1.99. The Hall–Kier alpha value is -2.05. The van der Waals surface area contributed by atoms with E-state index in [1.807, 2.05) is 24.3 Å². The molecule has 0 heterocycles. The third-order valence-corrected chi connectivity index (χ3v) is 4.48. The highest BCUT2D eigenvalue weighted by Crippen LogP contribution is 2.23. The first-order chi connectivity index (χ1) is 11.8. The summed E-state index contributed by atoms with van der Waals surface area (Å²) in [7, 11) is 3.15. The van der Waals surface area contributed by atoms with E-state index in [2.05, 4.69) is 21.2 Å². The molecule has 2 aromatic rings. The molecule has 6 heteroatoms. The number of methoxy groups -OCH3 is 2. The molecule has 0 aliphatic heterocycles. The zero-order valence-electron chi connectivity index (χ0n) is 14.5. The largest absolute Gasteiger partial charge is 0.497 e. The molecule has 0 aliphatic rings. The van der Waals surface area contributed by atoms with Gasteiger partial charge in [0.15, 0.2) is 0 Å². The molecular formula is C19H22BrNO4. The SMILES string of the molecule is COc1ccc(CC(C)(O)CNC(=O)c2cc(OC)ccc2Br)cc1. The maximum Gasteiger partial charge on any atom is 0.252 e. The zero-order valence-corrected chi connectivity index (χ0v) is 16.1. The predicted molar refractivity (Wildman–Crippen MR) is 100 cm³/mol. The number of hydrogen-bond donors (Lipinski definition) is 2. The number of rotatable bonds is 7. The number of nitrogens with one attached hydrogen (secondary N) is 1. The first-order valence-corrected chi connectivity index (χ1v) is 8.61. The van der Waals surface area contributed by atoms with Gasteiger partial charge in [-0.05, 0) is 58.7 Å². The van der Waals surface area contributed by atoms with Gasteiger partial charge < -0.3 is 19.9 Å². The van der Waals surface area contributed by atoms with Crippen LogP contribution in [0.4, 0.5) is 0 Å². The highest BCUT2D eigenvalue weighted by atomic mass is 79.9. The number of ether oxygens (including phenoxy) is 2. The van der Waals surface area contributed by atoms with Crippen LogP contribution in [0.5, 0.6) is 11.5 Å². The lowest BCUT2D eigenvalue weighted by molar-refractivity contribution is 0.0552. The van der Waals surface area contributed by atoms with Crippen LogP contribution in [-0.2, 0) is 6.42 Å². The molecule has 1 atom stereocenters. The van der Waals surface area contributed by atoms with Gasteiger partial charge in [-0.2, -0.15) is 0 Å². The van der Waals surface area contributed by atoms with E-state index >= 15 is 0 Å². The Labute approximate surface area is 156 Å². The topological polar surface area (TPSA) is 67.8 Å². The molecule has 0 radical (unpaired) electrons. The van der Waals surface area contributed by atoms with Gasteiger partial charge >= 0.3 is 0 Å². The molecule has 2 rings (SSSR count). The lowest BCUT2D eigenvalue weighted by Crippen LogP contribution is -2.42. The van der Waals surface area contributed by atoms with Gasteiger partial charge in [0.05, 0.1) is 25.4 Å². The van der Waals surface area contributed by atoms with Crippen molar-refractivity contribution in [1.29, 1.82) is 0 Å². The van der Waals surface area contributed by atoms with E-state index in [0.717, 1.165) is 11.3 Å². The normalized spacial score (nSPS) is 13.0. The van der Waals surface area contributed by atoms with Crippen molar-refractivity contribution in [3.8, 4) is 11.5 Å². The van der Waals surface area contributed by atoms with E-state index in [0.29, 0.717) is 22.2 Å². The molecule has 2 aromatic carbocycles. The fraction of sp³-hybridized carbons (Fsp3) is 0.316. The van der Waals surface area contributed by atoms with Crippen molar-refractivity contribution >= 4 is 21.8 Å². The minimum absolute atomic E-state index is 0.127. The van der Waals surface area contributed by atoms with E-state index in [1.54, 1.807) is 39.3 Å². The molecule has 1 unspecified atom stereocenters. The maximum absolute atomic E-state index is 12.4. The second-order valence-corrected chi connectivity index (χ2v) is 6.90. The van der Waals surface area contributed by atoms with Crippen LogP contribution in [0.1, 0.15) is 22.8 Å². The summed E-state index contributed by atoms with van der Waals surface area (Å²) in [5, 5.41) is 13.4. The van der Waals surface area contributed by atoms with Crippen LogP contribution in [-0.4, -0.2) is 37.4 Å². The first kappa shape index (κ1) is 19.3. The molecular weight excluding hydrogens is 386 g/mol. The van der Waals surface area contributed by atoms with Crippen molar-refractivity contribution in [3.05, 3.63) is 58.1 Å². The summed E-state index contributed by atoms with van der Waals surface area (Å²) in [4.78, 5) is 12.4. The first-order valence-electron chi connectivity index (χ1n) is 7.82. The van der Waals surface area contributed by atoms with Crippen molar-refractivity contribution in [2.24, 2.45) is 0 Å². The molecule has 5 nitrogen and oxygen atoms in total. The number of amides is 1. The molecule has 0 saturated carbocycles. The van der Waals surface area contributed by atoms with Crippen LogP contribution in [0.2, 0.25) is 0 Å². The van der Waals surface area contributed by atoms with Crippen LogP contribution in [0.3, 0.4) is 0 Å². The van der Waals surface area contributed by atoms with Crippen LogP contribution < -0.4 is 14.8 Å². The molecule has 134 valence electrons. The van der Waals surface area contributed by atoms with Gasteiger partial charge in [-0.1, -0.05) is 12.1 Å². The summed E-state index contributed by atoms with van der Waals surface area (Å²) in [5.41, 5.74) is 0.345. The summed E-state index contributed by atoms with van der Waals surface area (Å²) < 4.78 is 10.9. The number of halogens is 1. The summed E-state index contributed by atoms with van der Waals surface area (Å²) >= 11 is 3.36. The fourth-order valence-corrected chi connectivity index (χ4v) is 2.84. The lowest BCUT2D eigenvalue weighted by Gasteiger charge is -2.24. The minimum atomic E-state index is -1.07. The quantitative estimate of drug-likeness (QED) is 0.739. The van der Waals surface area contributed by atoms with Crippen molar-refractivity contribution in [1.82, 2.24) is 5.32 Å². The average molecular weight is 408 g/mol. The number of hydrogen-bond acceptors (Lipinski definition) is 4. The van der Waals surface area contributed by atoms with Crippen molar-refractivity contribution in [2.75, 3.05) is 20.8 Å². The van der Waals surface area contributed by atoms with Crippen molar-refractivity contribution in [3.63, 3.8) is 0 Å². The number of carbonyl (C=O) groups is 1. The molecule has 1 amide bonds. The van der Waals surface area contributed by atoms with Crippen LogP contribution >= 0.6 is 15.9 Å². The number of benzene rings is 2. The van der Waals surface area contributed by atoms with Crippen LogP contribution in [0, 0.1) is 0 Å². The molecule has 0 bridgehead atoms. The third kappa shape index (κ3) is 5.47. The maximum atomic E-state index is 12.4. The molecule has 0 spiro atoms. The van der Waals surface area contributed by atoms with E-state index in [9.17, 15) is 9.90 Å². The van der Waals surface area contributed by atoms with Gasteiger partial charge in [-0.3, -0.25) is 4.79 Å². The summed E-state index contributed by atoms with van der Waals surface area (Å²) in [6, 6.07) is 12.7. The fourth-order valence-electron chi connectivity index (χ4n) is 2.42. The van der Waals surface area contributed by atoms with Crippen molar-refractivity contribution < 1.29 is 19.4 Å². The molecule has 0 saturated heterocycles. The Morgan fingerprint density at radius 2 is 1.72 bits per heavy atom. The van der Waals surface area contributed by atoms with Crippen molar-refractivity contribution in [2.45, 2.75) is 18.9 Å². The smallest absolute Gasteiger partial charge is 0.252 e. The second-order valence-electron chi connectivity index (χ2n) is 6.05. The molecule has 2 N–H and O–H groups in total. The summed E-state index contributed by atoms with van der Waals surface area (Å²) in [6.45, 7) is 1.82. The van der Waals surface area contributed by atoms with Gasteiger partial charge in [0, 0.05) is 17.4 Å². The van der Waals surface area contributed by atoms with E-state index in [-0.39, 0.29) is 12.5 Å². The predicted octanol–water partition coefficient (Wildman–Crippen LogP) is 3.19. The Bertz CT molecular complexity index is 729. The standard InChI is InChI=1S/C19H22BrNO4/c1-19(23,11-13-4-6-14(24-2)7-5-13)12-21-18(22)16-10-15(25-3)8-9-17(16)20/h4-10,23H,11-12H2,1-3H3,(H,21,22). The molecule has 0 aromatic heterocycles. The number of aliphatic hydroxyl groups is 1. The van der Waals surface area contributed by atoms with Gasteiger partial charge in [0.2, 0.25) is 0 Å². The van der Waals surface area contributed by atoms with Crippen LogP contribution in [0.25, 0.3) is 0 Å². The highest BCUT2D eigenvalue weighted by Gasteiger charge is 2.23. The Morgan fingerprint density at radius 3 is 2.32 bits per heavy atom. The molecule has 0 fully saturated rings. The van der Waals surface area contributed by atoms with Gasteiger partial charge in [0.1, 0.15) is 11.5 Å². The van der Waals surface area contributed by atoms with Gasteiger partial charge in [0.25, 0.3) is 5.91 Å². The average Bonchev–Trinajstić information content (AvgIpc) is 2.60. The van der Waals surface area contributed by atoms with Gasteiger partial charge in [-0.15, -0.1) is 0 Å². The van der Waals surface area contributed by atoms with Crippen LogP contribution in [0.15, 0.2) is 46.9 Å². The van der Waals surface area contributed by atoms with E-state index in [1.165, 1.54) is 0 Å². The Kier molecular flexibility index (Phi) is 6.45. The highest BCUT2D eigenvalue weighted by molar-refractivity contribution is 9.10. The lowest BCUT2D eigenvalue weighted by atomic mass is 9.96. The molecule has 0 aliphatic carbocycles. The number of carbonyl (C=O) groups excluding carboxylic acids is 1. The molecule has 25 heavy (non-hydrogen) atoms. The van der Waals surface area contributed by atoms with Gasteiger partial charge in [-0.25, -0.2) is 0 Å². The Morgan fingerprint density at radius 1 is 1.12 bits per heavy atom. The minimum Gasteiger partial charge on any atom is -0.497 e. The third-order valence-electron chi connectivity index (χ3n) is 3.79. The monoisotopic (exact) mass is 407 g/mol. The van der Waals surface area contributed by atoms with E-state index < -0.39 is 5.60 Å². The summed E-state index contributed by atoms with van der Waals surface area (Å²) in [5.74, 6) is 1.08. The summed E-state index contributed by atoms with van der Waals surface area (Å²) in [6.07, 6.45) is 0.413. The zero-order chi connectivity index (χ0) is 18.4.